The first-order chi connectivity index (χ1) is 18.6. The molecular formula is C25H29N7O6S. The summed E-state index contributed by atoms with van der Waals surface area (Å²) in [5.74, 6) is -2.34. The van der Waals surface area contributed by atoms with Crippen LogP contribution in [-0.4, -0.2) is 66.7 Å². The smallest absolute Gasteiger partial charge is 0.326 e. The number of amides is 2. The minimum absolute atomic E-state index is 0.0467. The molecule has 14 heteroatoms. The van der Waals surface area contributed by atoms with Crippen molar-refractivity contribution in [1.82, 2.24) is 14.9 Å². The molecule has 1 aliphatic rings. The van der Waals surface area contributed by atoms with Crippen molar-refractivity contribution in [2.75, 3.05) is 18.4 Å². The molecule has 13 nitrogen and oxygen atoms in total. The van der Waals surface area contributed by atoms with Crippen LogP contribution in [0, 0.1) is 11.5 Å². The fourth-order valence-corrected chi connectivity index (χ4v) is 5.74. The van der Waals surface area contributed by atoms with Crippen molar-refractivity contribution in [3.8, 4) is 6.19 Å². The number of benzene rings is 2. The fraction of sp³-hybridized carbons (Fsp3) is 0.320. The molecule has 1 heterocycles. The second-order valence-electron chi connectivity index (χ2n) is 8.71. The second kappa shape index (κ2) is 13.4. The van der Waals surface area contributed by atoms with E-state index in [0.717, 1.165) is 4.31 Å². The van der Waals surface area contributed by atoms with E-state index >= 15 is 0 Å². The predicted molar refractivity (Wildman–Crippen MR) is 142 cm³/mol. The Morgan fingerprint density at radius 1 is 1.15 bits per heavy atom. The molecule has 0 radical (unpaired) electrons. The number of aliphatic carboxylic acids is 1. The van der Waals surface area contributed by atoms with Crippen molar-refractivity contribution in [1.29, 1.82) is 5.26 Å². The zero-order valence-corrected chi connectivity index (χ0v) is 21.7. The van der Waals surface area contributed by atoms with Gasteiger partial charge in [-0.1, -0.05) is 30.3 Å². The number of anilines is 1. The van der Waals surface area contributed by atoms with E-state index in [-0.39, 0.29) is 49.1 Å². The molecule has 2 atom stereocenters. The van der Waals surface area contributed by atoms with Crippen molar-refractivity contribution in [3.63, 3.8) is 0 Å². The van der Waals surface area contributed by atoms with Gasteiger partial charge in [0.2, 0.25) is 34.0 Å². The Morgan fingerprint density at radius 2 is 1.85 bits per heavy atom. The molecule has 206 valence electrons. The summed E-state index contributed by atoms with van der Waals surface area (Å²) in [5.41, 5.74) is 6.47. The summed E-state index contributed by atoms with van der Waals surface area (Å²) >= 11 is 0. The SMILES string of the molecule is N#C/N=C(\N)NCCC(=O)Nc1ccc(C[C@H](NC(=O)[C@@H]2CCCN2S(=O)(=O)c2ccccc2)C(=O)O)cc1. The lowest BCUT2D eigenvalue weighted by Gasteiger charge is -2.25. The normalized spacial score (nSPS) is 16.6. The number of carbonyl (C=O) groups excluding carboxylic acids is 2. The molecule has 0 aromatic heterocycles. The first kappa shape index (κ1) is 29.1. The summed E-state index contributed by atoms with van der Waals surface area (Å²) in [6.07, 6.45) is 2.30. The summed E-state index contributed by atoms with van der Waals surface area (Å²) in [4.78, 5) is 40.3. The van der Waals surface area contributed by atoms with Crippen molar-refractivity contribution < 1.29 is 27.9 Å². The molecule has 6 N–H and O–H groups in total. The maximum absolute atomic E-state index is 13.1. The van der Waals surface area contributed by atoms with Gasteiger partial charge in [0.15, 0.2) is 0 Å². The van der Waals surface area contributed by atoms with Gasteiger partial charge in [-0.15, -0.1) is 4.99 Å². The Balaban J connectivity index is 1.58. The average molecular weight is 556 g/mol. The number of carboxylic acid groups (broad SMARTS) is 1. The number of hydrogen-bond acceptors (Lipinski definition) is 7. The molecule has 0 unspecified atom stereocenters. The van der Waals surface area contributed by atoms with E-state index in [1.54, 1.807) is 42.5 Å². The number of nitriles is 1. The molecule has 2 amide bonds. The van der Waals surface area contributed by atoms with E-state index in [2.05, 4.69) is 20.9 Å². The molecule has 1 fully saturated rings. The van der Waals surface area contributed by atoms with Crippen LogP contribution < -0.4 is 21.7 Å². The quantitative estimate of drug-likeness (QED) is 0.147. The number of rotatable bonds is 11. The topological polar surface area (TPSA) is 207 Å². The van der Waals surface area contributed by atoms with Gasteiger partial charge >= 0.3 is 5.97 Å². The highest BCUT2D eigenvalue weighted by Gasteiger charge is 2.40. The standard InChI is InChI=1S/C25H29N7O6S/c26-16-29-25(27)28-13-12-22(33)30-18-10-8-17(9-11-18)15-20(24(35)36)31-23(34)21-7-4-14-32(21)39(37,38)19-5-2-1-3-6-19/h1-3,5-6,8-11,20-21H,4,7,12-15H2,(H,30,33)(H,31,34)(H,35,36)(H3,27,28,29)/t20-,21-/m0/s1. The van der Waals surface area contributed by atoms with Gasteiger partial charge in [-0.3, -0.25) is 9.59 Å². The largest absolute Gasteiger partial charge is 0.480 e. The zero-order chi connectivity index (χ0) is 28.4. The third-order valence-electron chi connectivity index (χ3n) is 5.98. The average Bonchev–Trinajstić information content (AvgIpc) is 3.41. The molecule has 1 aliphatic heterocycles. The Kier molecular flexibility index (Phi) is 9.96. The summed E-state index contributed by atoms with van der Waals surface area (Å²) in [5, 5.41) is 25.9. The molecule has 0 spiro atoms. The van der Waals surface area contributed by atoms with E-state index in [1.807, 2.05) is 0 Å². The number of aliphatic imine (C=N–C) groups is 1. The third kappa shape index (κ3) is 8.00. The summed E-state index contributed by atoms with van der Waals surface area (Å²) in [7, 11) is -3.91. The first-order valence-electron chi connectivity index (χ1n) is 12.1. The number of nitrogens with two attached hydrogens (primary N) is 1. The zero-order valence-electron chi connectivity index (χ0n) is 20.9. The highest BCUT2D eigenvalue weighted by atomic mass is 32.2. The number of carboxylic acids is 1. The van der Waals surface area contributed by atoms with Crippen LogP contribution in [0.1, 0.15) is 24.8 Å². The van der Waals surface area contributed by atoms with Crippen LogP contribution in [0.4, 0.5) is 5.69 Å². The molecule has 2 aromatic rings. The summed E-state index contributed by atoms with van der Waals surface area (Å²) in [6.45, 7) is 0.336. The van der Waals surface area contributed by atoms with E-state index in [1.165, 1.54) is 18.3 Å². The lowest BCUT2D eigenvalue weighted by atomic mass is 10.0. The number of carbonyl (C=O) groups is 3. The van der Waals surface area contributed by atoms with Crippen LogP contribution in [0.15, 0.2) is 64.5 Å². The van der Waals surface area contributed by atoms with Crippen LogP contribution in [0.3, 0.4) is 0 Å². The minimum Gasteiger partial charge on any atom is -0.480 e. The molecular weight excluding hydrogens is 526 g/mol. The Bertz CT molecular complexity index is 1360. The number of nitrogens with zero attached hydrogens (tertiary/aromatic N) is 3. The summed E-state index contributed by atoms with van der Waals surface area (Å²) in [6, 6.07) is 11.9. The molecule has 0 aliphatic carbocycles. The van der Waals surface area contributed by atoms with Crippen LogP contribution >= 0.6 is 0 Å². The van der Waals surface area contributed by atoms with Crippen molar-refractivity contribution >= 4 is 39.5 Å². The molecule has 1 saturated heterocycles. The van der Waals surface area contributed by atoms with Gasteiger partial charge in [-0.2, -0.15) is 9.57 Å². The number of nitrogens with one attached hydrogen (secondary N) is 3. The lowest BCUT2D eigenvalue weighted by Crippen LogP contribution is -2.51. The van der Waals surface area contributed by atoms with Crippen LogP contribution in [0.5, 0.6) is 0 Å². The molecule has 2 aromatic carbocycles. The molecule has 0 saturated carbocycles. The van der Waals surface area contributed by atoms with E-state index in [0.29, 0.717) is 17.7 Å². The maximum Gasteiger partial charge on any atom is 0.326 e. The minimum atomic E-state index is -3.91. The van der Waals surface area contributed by atoms with Gasteiger partial charge in [0, 0.05) is 31.6 Å². The van der Waals surface area contributed by atoms with Crippen LogP contribution in [0.25, 0.3) is 0 Å². The predicted octanol–water partition coefficient (Wildman–Crippen LogP) is 0.366. The van der Waals surface area contributed by atoms with Crippen molar-refractivity contribution in [2.24, 2.45) is 10.7 Å². The second-order valence-corrected chi connectivity index (χ2v) is 10.6. The van der Waals surface area contributed by atoms with E-state index < -0.39 is 34.0 Å². The van der Waals surface area contributed by atoms with Gasteiger partial charge in [-0.25, -0.2) is 13.2 Å². The number of guanidine groups is 1. The van der Waals surface area contributed by atoms with Crippen molar-refractivity contribution in [3.05, 3.63) is 60.2 Å². The Labute approximate surface area is 225 Å². The Morgan fingerprint density at radius 3 is 2.49 bits per heavy atom. The molecule has 39 heavy (non-hydrogen) atoms. The van der Waals surface area contributed by atoms with Crippen molar-refractivity contribution in [2.45, 2.75) is 42.7 Å². The van der Waals surface area contributed by atoms with Gasteiger partial charge in [0.1, 0.15) is 12.1 Å². The van der Waals surface area contributed by atoms with E-state index in [4.69, 9.17) is 11.0 Å². The summed E-state index contributed by atoms with van der Waals surface area (Å²) < 4.78 is 27.2. The molecule has 0 bridgehead atoms. The van der Waals surface area contributed by atoms with Gasteiger partial charge in [0.05, 0.1) is 4.90 Å². The highest BCUT2D eigenvalue weighted by Crippen LogP contribution is 2.26. The van der Waals surface area contributed by atoms with Crippen LogP contribution in [0.2, 0.25) is 0 Å². The lowest BCUT2D eigenvalue weighted by molar-refractivity contribution is -0.142. The van der Waals surface area contributed by atoms with Gasteiger partial charge in [0.25, 0.3) is 0 Å². The number of sulfonamides is 1. The third-order valence-corrected chi connectivity index (χ3v) is 7.90. The van der Waals surface area contributed by atoms with Gasteiger partial charge < -0.3 is 26.8 Å². The van der Waals surface area contributed by atoms with E-state index in [9.17, 15) is 27.9 Å². The fourth-order valence-electron chi connectivity index (χ4n) is 4.07. The Hall–Kier alpha value is -4.48. The maximum atomic E-state index is 13.1. The molecule has 3 rings (SSSR count). The highest BCUT2D eigenvalue weighted by molar-refractivity contribution is 7.89. The van der Waals surface area contributed by atoms with Crippen LogP contribution in [-0.2, 0) is 30.8 Å². The van der Waals surface area contributed by atoms with Gasteiger partial charge in [-0.05, 0) is 42.7 Å². The number of hydrogen-bond donors (Lipinski definition) is 5. The first-order valence-corrected chi connectivity index (χ1v) is 13.5. The monoisotopic (exact) mass is 555 g/mol.